The summed E-state index contributed by atoms with van der Waals surface area (Å²) in [5.74, 6) is 0.120. The summed E-state index contributed by atoms with van der Waals surface area (Å²) < 4.78 is 5.25. The van der Waals surface area contributed by atoms with Crippen molar-refractivity contribution in [1.82, 2.24) is 0 Å². The largest absolute Gasteiger partial charge is 0.466 e. The Bertz CT molecular complexity index is 253. The Labute approximate surface area is 125 Å². The van der Waals surface area contributed by atoms with Gasteiger partial charge in [-0.05, 0) is 19.3 Å². The highest BCUT2D eigenvalue weighted by molar-refractivity contribution is 5.77. The van der Waals surface area contributed by atoms with E-state index in [4.69, 9.17) is 10.5 Å². The standard InChI is InChI=1S/C17H35NO2/c1-5-7-8-9-10-11-12-13-17(14-18,15(3)4)16(19)20-6-2/h15H,5-14,18H2,1-4H3. The van der Waals surface area contributed by atoms with Gasteiger partial charge in [-0.1, -0.05) is 65.7 Å². The summed E-state index contributed by atoms with van der Waals surface area (Å²) in [6.07, 6.45) is 9.65. The summed E-state index contributed by atoms with van der Waals surface area (Å²) in [6.45, 7) is 9.06. The van der Waals surface area contributed by atoms with Gasteiger partial charge >= 0.3 is 5.97 Å². The van der Waals surface area contributed by atoms with Crippen molar-refractivity contribution in [3.05, 3.63) is 0 Å². The smallest absolute Gasteiger partial charge is 0.313 e. The molecule has 0 aromatic carbocycles. The van der Waals surface area contributed by atoms with Crippen LogP contribution in [0.15, 0.2) is 0 Å². The zero-order chi connectivity index (χ0) is 15.4. The van der Waals surface area contributed by atoms with Crippen molar-refractivity contribution in [2.45, 2.75) is 79.1 Å². The highest BCUT2D eigenvalue weighted by Crippen LogP contribution is 2.34. The highest BCUT2D eigenvalue weighted by atomic mass is 16.5. The first-order valence-electron chi connectivity index (χ1n) is 8.42. The van der Waals surface area contributed by atoms with Crippen LogP contribution < -0.4 is 5.73 Å². The number of unbranched alkanes of at least 4 members (excludes halogenated alkanes) is 6. The second kappa shape index (κ2) is 11.1. The van der Waals surface area contributed by atoms with Crippen LogP contribution in [0, 0.1) is 11.3 Å². The van der Waals surface area contributed by atoms with Gasteiger partial charge in [0.1, 0.15) is 0 Å². The predicted octanol–water partition coefficient (Wildman–Crippen LogP) is 4.29. The van der Waals surface area contributed by atoms with E-state index >= 15 is 0 Å². The number of hydrogen-bond acceptors (Lipinski definition) is 3. The predicted molar refractivity (Wildman–Crippen MR) is 85.6 cm³/mol. The molecule has 1 unspecified atom stereocenters. The molecule has 0 heterocycles. The normalized spacial score (nSPS) is 14.3. The van der Waals surface area contributed by atoms with Gasteiger partial charge in [-0.2, -0.15) is 0 Å². The number of hydrogen-bond donors (Lipinski definition) is 1. The fourth-order valence-electron chi connectivity index (χ4n) is 2.72. The Balaban J connectivity index is 4.21. The Morgan fingerprint density at radius 3 is 2.05 bits per heavy atom. The lowest BCUT2D eigenvalue weighted by molar-refractivity contribution is -0.158. The first-order chi connectivity index (χ1) is 9.55. The summed E-state index contributed by atoms with van der Waals surface area (Å²) in [4.78, 5) is 12.2. The molecule has 0 radical (unpaired) electrons. The van der Waals surface area contributed by atoms with E-state index in [1.165, 1.54) is 38.5 Å². The average molecular weight is 285 g/mol. The van der Waals surface area contributed by atoms with Gasteiger partial charge in [0.2, 0.25) is 0 Å². The van der Waals surface area contributed by atoms with Gasteiger partial charge in [0.05, 0.1) is 12.0 Å². The van der Waals surface area contributed by atoms with Crippen LogP contribution in [0.1, 0.15) is 79.1 Å². The molecule has 3 heteroatoms. The second-order valence-electron chi connectivity index (χ2n) is 6.11. The maximum atomic E-state index is 12.2. The van der Waals surface area contributed by atoms with E-state index in [0.29, 0.717) is 13.2 Å². The molecule has 0 aliphatic heterocycles. The molecule has 120 valence electrons. The molecule has 2 N–H and O–H groups in total. The molecule has 0 aromatic heterocycles. The number of esters is 1. The number of carbonyl (C=O) groups is 1. The van der Waals surface area contributed by atoms with E-state index in [1.54, 1.807) is 0 Å². The maximum Gasteiger partial charge on any atom is 0.313 e. The molecule has 20 heavy (non-hydrogen) atoms. The van der Waals surface area contributed by atoms with Crippen LogP contribution in [-0.4, -0.2) is 19.1 Å². The number of carbonyl (C=O) groups excluding carboxylic acids is 1. The second-order valence-corrected chi connectivity index (χ2v) is 6.11. The molecule has 3 nitrogen and oxygen atoms in total. The van der Waals surface area contributed by atoms with Crippen molar-refractivity contribution in [2.24, 2.45) is 17.1 Å². The Hall–Kier alpha value is -0.570. The fourth-order valence-corrected chi connectivity index (χ4v) is 2.72. The van der Waals surface area contributed by atoms with Crippen LogP contribution in [0.2, 0.25) is 0 Å². The van der Waals surface area contributed by atoms with E-state index in [1.807, 2.05) is 6.92 Å². The summed E-state index contributed by atoms with van der Waals surface area (Å²) in [6, 6.07) is 0. The van der Waals surface area contributed by atoms with E-state index < -0.39 is 5.41 Å². The third-order valence-electron chi connectivity index (χ3n) is 4.38. The topological polar surface area (TPSA) is 52.3 Å². The van der Waals surface area contributed by atoms with Crippen molar-refractivity contribution in [2.75, 3.05) is 13.2 Å². The average Bonchev–Trinajstić information content (AvgIpc) is 2.42. The molecule has 0 aliphatic carbocycles. The van der Waals surface area contributed by atoms with E-state index in [9.17, 15) is 4.79 Å². The zero-order valence-electron chi connectivity index (χ0n) is 14.0. The van der Waals surface area contributed by atoms with E-state index in [-0.39, 0.29) is 11.9 Å². The minimum atomic E-state index is -0.487. The van der Waals surface area contributed by atoms with Crippen LogP contribution in [-0.2, 0) is 9.53 Å². The Morgan fingerprint density at radius 1 is 1.05 bits per heavy atom. The summed E-state index contributed by atoms with van der Waals surface area (Å²) >= 11 is 0. The van der Waals surface area contributed by atoms with Gasteiger partial charge in [-0.15, -0.1) is 0 Å². The molecule has 0 aromatic rings. The number of ether oxygens (including phenoxy) is 1. The molecule has 0 amide bonds. The van der Waals surface area contributed by atoms with Gasteiger partial charge in [0.25, 0.3) is 0 Å². The zero-order valence-corrected chi connectivity index (χ0v) is 14.0. The SMILES string of the molecule is CCCCCCCCCC(CN)(C(=O)OCC)C(C)C. The quantitative estimate of drug-likeness (QED) is 0.430. The number of rotatable bonds is 12. The Morgan fingerprint density at radius 2 is 1.60 bits per heavy atom. The summed E-state index contributed by atoms with van der Waals surface area (Å²) in [5.41, 5.74) is 5.43. The van der Waals surface area contributed by atoms with Crippen LogP contribution >= 0.6 is 0 Å². The van der Waals surface area contributed by atoms with Crippen molar-refractivity contribution in [1.29, 1.82) is 0 Å². The van der Waals surface area contributed by atoms with Crippen LogP contribution in [0.4, 0.5) is 0 Å². The van der Waals surface area contributed by atoms with Gasteiger partial charge < -0.3 is 10.5 Å². The molecule has 0 aliphatic rings. The molecular formula is C17H35NO2. The fraction of sp³-hybridized carbons (Fsp3) is 0.941. The van der Waals surface area contributed by atoms with Crippen molar-refractivity contribution >= 4 is 5.97 Å². The van der Waals surface area contributed by atoms with Crippen molar-refractivity contribution < 1.29 is 9.53 Å². The first kappa shape index (κ1) is 19.4. The molecule has 0 saturated heterocycles. The first-order valence-corrected chi connectivity index (χ1v) is 8.42. The highest BCUT2D eigenvalue weighted by Gasteiger charge is 2.41. The minimum Gasteiger partial charge on any atom is -0.466 e. The molecular weight excluding hydrogens is 250 g/mol. The lowest BCUT2D eigenvalue weighted by Gasteiger charge is -2.34. The van der Waals surface area contributed by atoms with Crippen molar-refractivity contribution in [3.8, 4) is 0 Å². The van der Waals surface area contributed by atoms with Gasteiger partial charge in [0, 0.05) is 6.54 Å². The van der Waals surface area contributed by atoms with Crippen molar-refractivity contribution in [3.63, 3.8) is 0 Å². The summed E-state index contributed by atoms with van der Waals surface area (Å²) in [7, 11) is 0. The molecule has 0 fully saturated rings. The van der Waals surface area contributed by atoms with Gasteiger partial charge in [-0.25, -0.2) is 0 Å². The van der Waals surface area contributed by atoms with Crippen LogP contribution in [0.3, 0.4) is 0 Å². The Kier molecular flexibility index (Phi) is 10.8. The van der Waals surface area contributed by atoms with Gasteiger partial charge in [-0.3, -0.25) is 4.79 Å². The lowest BCUT2D eigenvalue weighted by atomic mass is 9.73. The van der Waals surface area contributed by atoms with Crippen LogP contribution in [0.25, 0.3) is 0 Å². The van der Waals surface area contributed by atoms with E-state index in [2.05, 4.69) is 20.8 Å². The van der Waals surface area contributed by atoms with Gasteiger partial charge in [0.15, 0.2) is 0 Å². The molecule has 0 spiro atoms. The van der Waals surface area contributed by atoms with E-state index in [0.717, 1.165) is 12.8 Å². The molecule has 0 saturated carbocycles. The monoisotopic (exact) mass is 285 g/mol. The maximum absolute atomic E-state index is 12.2. The minimum absolute atomic E-state index is 0.108. The molecule has 0 bridgehead atoms. The molecule has 0 rings (SSSR count). The molecule has 1 atom stereocenters. The third-order valence-corrected chi connectivity index (χ3v) is 4.38. The summed E-state index contributed by atoms with van der Waals surface area (Å²) in [5, 5.41) is 0. The third kappa shape index (κ3) is 6.25. The van der Waals surface area contributed by atoms with Crippen LogP contribution in [0.5, 0.6) is 0 Å². The number of nitrogens with two attached hydrogens (primary N) is 1. The lowest BCUT2D eigenvalue weighted by Crippen LogP contribution is -2.44.